The first kappa shape index (κ1) is 20.7. The van der Waals surface area contributed by atoms with Crippen LogP contribution in [0.15, 0.2) is 24.3 Å². The van der Waals surface area contributed by atoms with Crippen LogP contribution in [0.5, 0.6) is 0 Å². The monoisotopic (exact) mass is 373 g/mol. The summed E-state index contributed by atoms with van der Waals surface area (Å²) in [6, 6.07) is 7.65. The van der Waals surface area contributed by atoms with E-state index in [0.717, 1.165) is 18.7 Å². The highest BCUT2D eigenvalue weighted by atomic mass is 35.5. The van der Waals surface area contributed by atoms with Crippen molar-refractivity contribution in [1.29, 1.82) is 0 Å². The number of rotatable bonds is 6. The Balaban J connectivity index is 0.00000288. The third-order valence-corrected chi connectivity index (χ3v) is 4.20. The molecule has 1 fully saturated rings. The minimum atomic E-state index is -0.000539. The Labute approximate surface area is 154 Å². The number of hydrogen-bond donors (Lipinski definition) is 2. The summed E-state index contributed by atoms with van der Waals surface area (Å²) in [5, 5.41) is 6.76. The first-order valence-electron chi connectivity index (χ1n) is 8.14. The van der Waals surface area contributed by atoms with E-state index in [4.69, 9.17) is 11.6 Å². The fraction of sp³-hybridized carbons (Fsp3) is 0.529. The van der Waals surface area contributed by atoms with Crippen LogP contribution in [0.4, 0.5) is 0 Å². The summed E-state index contributed by atoms with van der Waals surface area (Å²) in [6.45, 7) is 4.71. The van der Waals surface area contributed by atoms with E-state index < -0.39 is 0 Å². The SMILES string of the molecule is CCNC(=O)CCCC(=O)N1CCNCC1c1cccc(Cl)c1.Cl. The van der Waals surface area contributed by atoms with Gasteiger partial charge in [0.2, 0.25) is 11.8 Å². The van der Waals surface area contributed by atoms with Crippen LogP contribution >= 0.6 is 24.0 Å². The number of nitrogens with one attached hydrogen (secondary N) is 2. The van der Waals surface area contributed by atoms with Crippen LogP contribution in [-0.4, -0.2) is 42.9 Å². The summed E-state index contributed by atoms with van der Waals surface area (Å²) >= 11 is 6.07. The van der Waals surface area contributed by atoms with Gasteiger partial charge in [-0.2, -0.15) is 0 Å². The molecule has 0 spiro atoms. The van der Waals surface area contributed by atoms with E-state index in [9.17, 15) is 9.59 Å². The molecule has 1 atom stereocenters. The van der Waals surface area contributed by atoms with Crippen LogP contribution in [0.2, 0.25) is 5.02 Å². The number of nitrogens with zero attached hydrogens (tertiary/aromatic N) is 1. The lowest BCUT2D eigenvalue weighted by molar-refractivity contribution is -0.134. The molecule has 1 saturated heterocycles. The van der Waals surface area contributed by atoms with Crippen LogP contribution in [0.1, 0.15) is 37.8 Å². The molecule has 134 valence electrons. The maximum atomic E-state index is 12.5. The number of carbonyl (C=O) groups excluding carboxylic acids is 2. The Morgan fingerprint density at radius 2 is 2.17 bits per heavy atom. The number of amides is 2. The standard InChI is InChI=1S/C17H24ClN3O2.ClH/c1-2-20-16(22)7-4-8-17(23)21-10-9-19-12-15(21)13-5-3-6-14(18)11-13;/h3,5-6,11,15,19H,2,4,7-10,12H2,1H3,(H,20,22);1H. The van der Waals surface area contributed by atoms with Crippen LogP contribution < -0.4 is 10.6 Å². The van der Waals surface area contributed by atoms with Crippen LogP contribution in [0.3, 0.4) is 0 Å². The number of hydrogen-bond acceptors (Lipinski definition) is 3. The van der Waals surface area contributed by atoms with E-state index in [0.29, 0.717) is 37.4 Å². The van der Waals surface area contributed by atoms with Gasteiger partial charge in [0.15, 0.2) is 0 Å². The lowest BCUT2D eigenvalue weighted by Crippen LogP contribution is -2.48. The number of carbonyl (C=O) groups is 2. The highest BCUT2D eigenvalue weighted by Crippen LogP contribution is 2.25. The van der Waals surface area contributed by atoms with Crippen molar-refractivity contribution in [1.82, 2.24) is 15.5 Å². The molecule has 2 N–H and O–H groups in total. The maximum absolute atomic E-state index is 12.5. The molecule has 2 amide bonds. The molecule has 1 aromatic carbocycles. The van der Waals surface area contributed by atoms with Crippen LogP contribution in [0.25, 0.3) is 0 Å². The minimum absolute atomic E-state index is 0. The van der Waals surface area contributed by atoms with Gasteiger partial charge in [-0.1, -0.05) is 23.7 Å². The van der Waals surface area contributed by atoms with Crippen molar-refractivity contribution >= 4 is 35.8 Å². The van der Waals surface area contributed by atoms with Gasteiger partial charge in [0, 0.05) is 44.0 Å². The zero-order valence-electron chi connectivity index (χ0n) is 13.9. The van der Waals surface area contributed by atoms with Gasteiger partial charge in [0.1, 0.15) is 0 Å². The van der Waals surface area contributed by atoms with E-state index in [-0.39, 0.29) is 30.3 Å². The number of piperazine rings is 1. The highest BCUT2D eigenvalue weighted by Gasteiger charge is 2.27. The van der Waals surface area contributed by atoms with Gasteiger partial charge in [0.25, 0.3) is 0 Å². The van der Waals surface area contributed by atoms with E-state index in [1.165, 1.54) is 0 Å². The largest absolute Gasteiger partial charge is 0.356 e. The molecule has 1 unspecified atom stereocenters. The summed E-state index contributed by atoms with van der Waals surface area (Å²) in [4.78, 5) is 25.9. The molecule has 1 heterocycles. The number of halogens is 2. The second kappa shape index (κ2) is 10.5. The molecular formula is C17H25Cl2N3O2. The molecule has 0 saturated carbocycles. The Morgan fingerprint density at radius 3 is 2.88 bits per heavy atom. The Kier molecular flexibility index (Phi) is 9.11. The summed E-state index contributed by atoms with van der Waals surface area (Å²) in [6.07, 6.45) is 1.37. The first-order chi connectivity index (χ1) is 11.1. The molecule has 5 nitrogen and oxygen atoms in total. The van der Waals surface area contributed by atoms with Crippen molar-refractivity contribution in [3.63, 3.8) is 0 Å². The van der Waals surface area contributed by atoms with Gasteiger partial charge in [-0.3, -0.25) is 9.59 Å². The highest BCUT2D eigenvalue weighted by molar-refractivity contribution is 6.30. The number of benzene rings is 1. The Hall–Kier alpha value is -1.30. The van der Waals surface area contributed by atoms with Gasteiger partial charge in [0.05, 0.1) is 6.04 Å². The van der Waals surface area contributed by atoms with E-state index in [1.807, 2.05) is 36.1 Å². The van der Waals surface area contributed by atoms with Gasteiger partial charge in [-0.05, 0) is 31.0 Å². The van der Waals surface area contributed by atoms with E-state index >= 15 is 0 Å². The molecular weight excluding hydrogens is 349 g/mol. The smallest absolute Gasteiger partial charge is 0.223 e. The first-order valence-corrected chi connectivity index (χ1v) is 8.52. The fourth-order valence-electron chi connectivity index (χ4n) is 2.84. The van der Waals surface area contributed by atoms with Gasteiger partial charge in [-0.15, -0.1) is 12.4 Å². The molecule has 7 heteroatoms. The van der Waals surface area contributed by atoms with Gasteiger partial charge in [-0.25, -0.2) is 0 Å². The van der Waals surface area contributed by atoms with Crippen molar-refractivity contribution in [2.45, 2.75) is 32.2 Å². The molecule has 1 aliphatic rings. The van der Waals surface area contributed by atoms with Crippen molar-refractivity contribution in [2.24, 2.45) is 0 Å². The lowest BCUT2D eigenvalue weighted by Gasteiger charge is -2.36. The topological polar surface area (TPSA) is 61.4 Å². The predicted octanol–water partition coefficient (Wildman–Crippen LogP) is 2.54. The second-order valence-corrected chi connectivity index (χ2v) is 6.11. The lowest BCUT2D eigenvalue weighted by atomic mass is 10.0. The average Bonchev–Trinajstić information content (AvgIpc) is 2.55. The van der Waals surface area contributed by atoms with Crippen LogP contribution in [-0.2, 0) is 9.59 Å². The molecule has 0 bridgehead atoms. The third kappa shape index (κ3) is 5.96. The zero-order valence-corrected chi connectivity index (χ0v) is 15.5. The molecule has 24 heavy (non-hydrogen) atoms. The summed E-state index contributed by atoms with van der Waals surface area (Å²) in [7, 11) is 0. The molecule has 0 aromatic heterocycles. The fourth-order valence-corrected chi connectivity index (χ4v) is 3.04. The quantitative estimate of drug-likeness (QED) is 0.805. The molecule has 2 rings (SSSR count). The van der Waals surface area contributed by atoms with Gasteiger partial charge >= 0.3 is 0 Å². The van der Waals surface area contributed by atoms with Crippen LogP contribution in [0, 0.1) is 0 Å². The van der Waals surface area contributed by atoms with E-state index in [2.05, 4.69) is 10.6 Å². The average molecular weight is 374 g/mol. The molecule has 0 aliphatic carbocycles. The normalized spacial score (nSPS) is 17.1. The second-order valence-electron chi connectivity index (χ2n) is 5.67. The van der Waals surface area contributed by atoms with Crippen molar-refractivity contribution in [3.05, 3.63) is 34.9 Å². The predicted molar refractivity (Wildman–Crippen MR) is 98.6 cm³/mol. The van der Waals surface area contributed by atoms with E-state index in [1.54, 1.807) is 0 Å². The Morgan fingerprint density at radius 1 is 1.38 bits per heavy atom. The molecule has 1 aliphatic heterocycles. The third-order valence-electron chi connectivity index (χ3n) is 3.97. The minimum Gasteiger partial charge on any atom is -0.356 e. The molecule has 1 aromatic rings. The van der Waals surface area contributed by atoms with Gasteiger partial charge < -0.3 is 15.5 Å². The van der Waals surface area contributed by atoms with Crippen molar-refractivity contribution in [3.8, 4) is 0 Å². The summed E-state index contributed by atoms with van der Waals surface area (Å²) < 4.78 is 0. The Bertz CT molecular complexity index is 554. The maximum Gasteiger partial charge on any atom is 0.223 e. The van der Waals surface area contributed by atoms with Crippen molar-refractivity contribution in [2.75, 3.05) is 26.2 Å². The zero-order chi connectivity index (χ0) is 16.7. The summed E-state index contributed by atoms with van der Waals surface area (Å²) in [5.41, 5.74) is 1.04. The summed E-state index contributed by atoms with van der Waals surface area (Å²) in [5.74, 6) is 0.104. The molecule has 0 radical (unpaired) electrons. The van der Waals surface area contributed by atoms with Crippen molar-refractivity contribution < 1.29 is 9.59 Å².